The van der Waals surface area contributed by atoms with Crippen molar-refractivity contribution in [3.63, 3.8) is 0 Å². The monoisotopic (exact) mass is 503 g/mol. The minimum absolute atomic E-state index is 0.179. The molecule has 0 bridgehead atoms. The number of rotatable bonds is 9. The molecule has 1 aromatic heterocycles. The predicted molar refractivity (Wildman–Crippen MR) is 153 cm³/mol. The number of hydrazone groups is 1. The summed E-state index contributed by atoms with van der Waals surface area (Å²) in [7, 11) is 3.19. The van der Waals surface area contributed by atoms with Gasteiger partial charge in [0.2, 0.25) is 5.91 Å². The number of methoxy groups -OCH3 is 2. The lowest BCUT2D eigenvalue weighted by Gasteiger charge is -2.13. The van der Waals surface area contributed by atoms with Gasteiger partial charge in [0.1, 0.15) is 11.5 Å². The van der Waals surface area contributed by atoms with E-state index in [1.54, 1.807) is 32.6 Å². The Kier molecular flexibility index (Phi) is 7.50. The van der Waals surface area contributed by atoms with Crippen LogP contribution in [0.5, 0.6) is 11.5 Å². The van der Waals surface area contributed by atoms with Gasteiger partial charge < -0.3 is 14.0 Å². The molecule has 0 radical (unpaired) electrons. The second-order valence-corrected chi connectivity index (χ2v) is 8.78. The molecular formula is C32H29N3O3. The molecular weight excluding hydrogens is 474 g/mol. The van der Waals surface area contributed by atoms with E-state index < -0.39 is 0 Å². The first-order valence-corrected chi connectivity index (χ1v) is 12.5. The molecule has 0 spiro atoms. The summed E-state index contributed by atoms with van der Waals surface area (Å²) in [4.78, 5) is 12.9. The Hall–Kier alpha value is -4.84. The highest BCUT2D eigenvalue weighted by molar-refractivity contribution is 6.04. The van der Waals surface area contributed by atoms with Gasteiger partial charge >= 0.3 is 0 Å². The highest BCUT2D eigenvalue weighted by Gasteiger charge is 2.20. The fraction of sp³-hybridized carbons (Fsp3) is 0.125. The van der Waals surface area contributed by atoms with E-state index in [9.17, 15) is 4.79 Å². The van der Waals surface area contributed by atoms with Crippen LogP contribution in [0.3, 0.4) is 0 Å². The number of nitrogens with zero attached hydrogens (tertiary/aromatic N) is 2. The van der Waals surface area contributed by atoms with Gasteiger partial charge in [0.05, 0.1) is 26.1 Å². The number of benzene rings is 4. The predicted octanol–water partition coefficient (Wildman–Crippen LogP) is 6.53. The Labute approximate surface area is 222 Å². The summed E-state index contributed by atoms with van der Waals surface area (Å²) < 4.78 is 12.9. The highest BCUT2D eigenvalue weighted by Crippen LogP contribution is 2.41. The Morgan fingerprint density at radius 2 is 1.53 bits per heavy atom. The lowest BCUT2D eigenvalue weighted by molar-refractivity contribution is -0.121. The summed E-state index contributed by atoms with van der Waals surface area (Å²) in [5.74, 6) is 1.14. The molecule has 0 atom stereocenters. The molecule has 0 aliphatic rings. The number of ether oxygens (including phenoxy) is 2. The average molecular weight is 504 g/mol. The van der Waals surface area contributed by atoms with E-state index in [1.807, 2.05) is 36.4 Å². The molecule has 5 aromatic rings. The van der Waals surface area contributed by atoms with Gasteiger partial charge in [-0.1, -0.05) is 78.9 Å². The van der Waals surface area contributed by atoms with Crippen LogP contribution in [0.4, 0.5) is 0 Å². The van der Waals surface area contributed by atoms with E-state index in [2.05, 4.69) is 69.7 Å². The molecule has 1 heterocycles. The molecule has 0 fully saturated rings. The van der Waals surface area contributed by atoms with Crippen molar-refractivity contribution in [2.75, 3.05) is 14.2 Å². The Morgan fingerprint density at radius 3 is 2.24 bits per heavy atom. The number of hydrogen-bond donors (Lipinski definition) is 1. The first-order chi connectivity index (χ1) is 18.7. The fourth-order valence-electron chi connectivity index (χ4n) is 4.71. The van der Waals surface area contributed by atoms with Crippen molar-refractivity contribution in [1.29, 1.82) is 0 Å². The first-order valence-electron chi connectivity index (χ1n) is 12.5. The number of nitrogens with one attached hydrogen (secondary N) is 1. The molecule has 38 heavy (non-hydrogen) atoms. The second-order valence-electron chi connectivity index (χ2n) is 8.78. The standard InChI is InChI=1S/C32H29N3O3/c1-37-26-17-18-29(38-2)25(21-26)22-33-34-30(36)19-20-35-28-16-10-9-15-27(28)31(23-11-5-3-6-12-23)32(35)24-13-7-4-8-14-24/h3-18,21-22H,19-20H2,1-2H3,(H,34,36). The van der Waals surface area contributed by atoms with Gasteiger partial charge in [-0.3, -0.25) is 4.79 Å². The molecule has 0 unspecified atom stereocenters. The number of hydrogen-bond acceptors (Lipinski definition) is 4. The minimum atomic E-state index is -0.179. The third-order valence-corrected chi connectivity index (χ3v) is 6.47. The maximum absolute atomic E-state index is 12.9. The van der Waals surface area contributed by atoms with Gasteiger partial charge in [0.15, 0.2) is 0 Å². The van der Waals surface area contributed by atoms with Gasteiger partial charge in [-0.15, -0.1) is 0 Å². The first kappa shape index (κ1) is 24.8. The molecule has 1 N–H and O–H groups in total. The fourth-order valence-corrected chi connectivity index (χ4v) is 4.71. The minimum Gasteiger partial charge on any atom is -0.497 e. The Balaban J connectivity index is 1.44. The lowest BCUT2D eigenvalue weighted by Crippen LogP contribution is -2.19. The summed E-state index contributed by atoms with van der Waals surface area (Å²) in [6.07, 6.45) is 1.83. The maximum atomic E-state index is 12.9. The summed E-state index contributed by atoms with van der Waals surface area (Å²) in [6.45, 7) is 0.501. The van der Waals surface area contributed by atoms with Crippen molar-refractivity contribution in [2.45, 2.75) is 13.0 Å². The SMILES string of the molecule is COc1ccc(OC)c(C=NNC(=O)CCn2c(-c3ccccc3)c(-c3ccccc3)c3ccccc32)c1. The zero-order chi connectivity index (χ0) is 26.3. The number of fused-ring (bicyclic) bond motifs is 1. The Morgan fingerprint density at radius 1 is 0.842 bits per heavy atom. The third kappa shape index (κ3) is 5.15. The average Bonchev–Trinajstić information content (AvgIpc) is 3.31. The smallest absolute Gasteiger partial charge is 0.241 e. The van der Waals surface area contributed by atoms with Crippen LogP contribution in [0, 0.1) is 0 Å². The molecule has 0 aliphatic carbocycles. The molecule has 5 rings (SSSR count). The number of amides is 1. The van der Waals surface area contributed by atoms with Crippen LogP contribution >= 0.6 is 0 Å². The van der Waals surface area contributed by atoms with E-state index in [0.717, 1.165) is 33.3 Å². The lowest BCUT2D eigenvalue weighted by atomic mass is 9.98. The second kappa shape index (κ2) is 11.5. The van der Waals surface area contributed by atoms with E-state index in [-0.39, 0.29) is 12.3 Å². The van der Waals surface area contributed by atoms with Crippen LogP contribution in [-0.2, 0) is 11.3 Å². The number of para-hydroxylation sites is 1. The molecule has 1 amide bonds. The molecule has 190 valence electrons. The number of aryl methyl sites for hydroxylation is 1. The normalized spacial score (nSPS) is 11.1. The van der Waals surface area contributed by atoms with Crippen LogP contribution in [0.2, 0.25) is 0 Å². The summed E-state index contributed by atoms with van der Waals surface area (Å²) in [5.41, 5.74) is 8.95. The zero-order valence-corrected chi connectivity index (χ0v) is 21.4. The van der Waals surface area contributed by atoms with Crippen molar-refractivity contribution < 1.29 is 14.3 Å². The van der Waals surface area contributed by atoms with Crippen LogP contribution in [0.1, 0.15) is 12.0 Å². The molecule has 0 saturated heterocycles. The van der Waals surface area contributed by atoms with Gasteiger partial charge in [-0.05, 0) is 35.4 Å². The van der Waals surface area contributed by atoms with Crippen LogP contribution in [0.25, 0.3) is 33.3 Å². The van der Waals surface area contributed by atoms with Crippen LogP contribution in [0.15, 0.2) is 108 Å². The van der Waals surface area contributed by atoms with E-state index in [4.69, 9.17) is 9.47 Å². The van der Waals surface area contributed by atoms with E-state index in [1.165, 1.54) is 0 Å². The number of carbonyl (C=O) groups is 1. The maximum Gasteiger partial charge on any atom is 0.241 e. The van der Waals surface area contributed by atoms with Crippen molar-refractivity contribution in [2.24, 2.45) is 5.10 Å². The largest absolute Gasteiger partial charge is 0.497 e. The quantitative estimate of drug-likeness (QED) is 0.184. The van der Waals surface area contributed by atoms with Crippen LogP contribution in [-0.4, -0.2) is 30.9 Å². The molecule has 4 aromatic carbocycles. The molecule has 0 aliphatic heterocycles. The summed E-state index contributed by atoms with van der Waals surface area (Å²) in [6, 6.07) is 34.5. The number of carbonyl (C=O) groups excluding carboxylic acids is 1. The van der Waals surface area contributed by atoms with Crippen molar-refractivity contribution in [3.05, 3.63) is 109 Å². The van der Waals surface area contributed by atoms with Crippen LogP contribution < -0.4 is 14.9 Å². The summed E-state index contributed by atoms with van der Waals surface area (Å²) >= 11 is 0. The van der Waals surface area contributed by atoms with Gasteiger partial charge in [-0.2, -0.15) is 5.10 Å². The molecule has 0 saturated carbocycles. The van der Waals surface area contributed by atoms with Gasteiger partial charge in [0, 0.05) is 35.0 Å². The highest BCUT2D eigenvalue weighted by atomic mass is 16.5. The molecule has 6 nitrogen and oxygen atoms in total. The van der Waals surface area contributed by atoms with Crippen molar-refractivity contribution in [1.82, 2.24) is 9.99 Å². The summed E-state index contributed by atoms with van der Waals surface area (Å²) in [5, 5.41) is 5.32. The Bertz CT molecular complexity index is 1570. The van der Waals surface area contributed by atoms with E-state index >= 15 is 0 Å². The van der Waals surface area contributed by atoms with Crippen molar-refractivity contribution >= 4 is 23.0 Å². The zero-order valence-electron chi connectivity index (χ0n) is 21.4. The third-order valence-electron chi connectivity index (χ3n) is 6.47. The topological polar surface area (TPSA) is 64.8 Å². The molecule has 6 heteroatoms. The number of aromatic nitrogens is 1. The van der Waals surface area contributed by atoms with Gasteiger partial charge in [0.25, 0.3) is 0 Å². The van der Waals surface area contributed by atoms with Crippen molar-refractivity contribution in [3.8, 4) is 33.9 Å². The van der Waals surface area contributed by atoms with E-state index in [0.29, 0.717) is 23.6 Å². The van der Waals surface area contributed by atoms with Gasteiger partial charge in [-0.25, -0.2) is 5.43 Å².